The molecule has 0 amide bonds. The van der Waals surface area contributed by atoms with E-state index in [1.54, 1.807) is 13.2 Å². The summed E-state index contributed by atoms with van der Waals surface area (Å²) in [5.74, 6) is 2.00. The minimum Gasteiger partial charge on any atom is -0.496 e. The van der Waals surface area contributed by atoms with Gasteiger partial charge in [0.1, 0.15) is 18.1 Å². The van der Waals surface area contributed by atoms with Crippen molar-refractivity contribution in [3.05, 3.63) is 64.2 Å². The average Bonchev–Trinajstić information content (AvgIpc) is 3.44. The van der Waals surface area contributed by atoms with Gasteiger partial charge in [-0.15, -0.1) is 0 Å². The molecule has 130 valence electrons. The smallest absolute Gasteiger partial charge is 0.158 e. The number of ketones is 1. The van der Waals surface area contributed by atoms with Gasteiger partial charge < -0.3 is 9.47 Å². The molecule has 0 spiro atoms. The Morgan fingerprint density at radius 1 is 1.20 bits per heavy atom. The highest BCUT2D eigenvalue weighted by atomic mass is 35.5. The van der Waals surface area contributed by atoms with Crippen LogP contribution in [0, 0.1) is 12.8 Å². The summed E-state index contributed by atoms with van der Waals surface area (Å²) in [6.07, 6.45) is 5.57. The van der Waals surface area contributed by atoms with Crippen LogP contribution in [0.3, 0.4) is 0 Å². The van der Waals surface area contributed by atoms with E-state index in [2.05, 4.69) is 0 Å². The fraction of sp³-hybridized carbons (Fsp3) is 0.286. The normalized spacial score (nSPS) is 13.9. The third-order valence-corrected chi connectivity index (χ3v) is 4.48. The first-order valence-corrected chi connectivity index (χ1v) is 8.72. The van der Waals surface area contributed by atoms with Gasteiger partial charge in [0.15, 0.2) is 5.78 Å². The molecular weight excluding hydrogens is 336 g/mol. The average molecular weight is 357 g/mol. The van der Waals surface area contributed by atoms with Gasteiger partial charge in [-0.1, -0.05) is 23.7 Å². The molecule has 1 fully saturated rings. The van der Waals surface area contributed by atoms with Gasteiger partial charge in [0.25, 0.3) is 0 Å². The summed E-state index contributed by atoms with van der Waals surface area (Å²) >= 11 is 5.98. The minimum absolute atomic E-state index is 0.213. The zero-order valence-electron chi connectivity index (χ0n) is 14.4. The van der Waals surface area contributed by atoms with Crippen molar-refractivity contribution in [2.24, 2.45) is 5.92 Å². The summed E-state index contributed by atoms with van der Waals surface area (Å²) in [4.78, 5) is 11.8. The summed E-state index contributed by atoms with van der Waals surface area (Å²) in [5.41, 5.74) is 2.87. The third-order valence-electron chi connectivity index (χ3n) is 4.24. The fourth-order valence-electron chi connectivity index (χ4n) is 2.63. The summed E-state index contributed by atoms with van der Waals surface area (Å²) in [6.45, 7) is 2.34. The lowest BCUT2D eigenvalue weighted by Gasteiger charge is -2.13. The molecule has 1 saturated carbocycles. The van der Waals surface area contributed by atoms with Crippen molar-refractivity contribution < 1.29 is 14.3 Å². The zero-order chi connectivity index (χ0) is 17.8. The van der Waals surface area contributed by atoms with E-state index in [4.69, 9.17) is 21.1 Å². The number of carbonyl (C=O) groups is 1. The molecule has 3 rings (SSSR count). The van der Waals surface area contributed by atoms with E-state index >= 15 is 0 Å². The maximum Gasteiger partial charge on any atom is 0.158 e. The lowest BCUT2D eigenvalue weighted by Crippen LogP contribution is -2.00. The minimum atomic E-state index is 0.213. The van der Waals surface area contributed by atoms with Gasteiger partial charge in [-0.25, -0.2) is 0 Å². The molecule has 1 aliphatic carbocycles. The number of rotatable bonds is 7. The second kappa shape index (κ2) is 7.75. The highest BCUT2D eigenvalue weighted by Crippen LogP contribution is 2.30. The molecule has 0 atom stereocenters. The van der Waals surface area contributed by atoms with Gasteiger partial charge >= 0.3 is 0 Å². The van der Waals surface area contributed by atoms with E-state index in [1.807, 2.05) is 49.4 Å². The number of carbonyl (C=O) groups excluding carboxylic acids is 1. The van der Waals surface area contributed by atoms with Gasteiger partial charge in [-0.2, -0.15) is 0 Å². The van der Waals surface area contributed by atoms with Crippen LogP contribution in [0.25, 0.3) is 6.08 Å². The number of hydrogen-bond donors (Lipinski definition) is 0. The van der Waals surface area contributed by atoms with Crippen LogP contribution in [0.1, 0.15) is 29.5 Å². The highest BCUT2D eigenvalue weighted by molar-refractivity contribution is 6.30. The third kappa shape index (κ3) is 4.64. The molecule has 0 aliphatic heterocycles. The summed E-state index contributed by atoms with van der Waals surface area (Å²) in [7, 11) is 1.64. The number of methoxy groups -OCH3 is 1. The van der Waals surface area contributed by atoms with Crippen molar-refractivity contribution in [1.29, 1.82) is 0 Å². The van der Waals surface area contributed by atoms with E-state index in [0.717, 1.165) is 41.0 Å². The number of hydrogen-bond acceptors (Lipinski definition) is 3. The molecule has 3 nitrogen and oxygen atoms in total. The van der Waals surface area contributed by atoms with Gasteiger partial charge in [0.05, 0.1) is 7.11 Å². The molecule has 4 heteroatoms. The number of allylic oxidation sites excluding steroid dienone is 1. The quantitative estimate of drug-likeness (QED) is 0.637. The Balaban J connectivity index is 1.74. The molecule has 25 heavy (non-hydrogen) atoms. The first-order valence-electron chi connectivity index (χ1n) is 8.34. The number of ether oxygens (including phenoxy) is 2. The first kappa shape index (κ1) is 17.6. The standard InChI is InChI=1S/C21H21ClO3/c1-14-11-18(22)7-10-20(14)25-13-17-12-15(4-9-21(17)24-2)3-8-19(23)16-5-6-16/h3-4,7-12,16H,5-6,13H2,1-2H3/b8-3+. The molecule has 2 aromatic carbocycles. The predicted octanol–water partition coefficient (Wildman–Crippen LogP) is 5.23. The molecule has 2 aromatic rings. The first-order chi connectivity index (χ1) is 12.1. The highest BCUT2D eigenvalue weighted by Gasteiger charge is 2.27. The fourth-order valence-corrected chi connectivity index (χ4v) is 2.85. The van der Waals surface area contributed by atoms with Crippen LogP contribution in [-0.4, -0.2) is 12.9 Å². The molecule has 0 radical (unpaired) electrons. The summed E-state index contributed by atoms with van der Waals surface area (Å²) in [5, 5.41) is 0.690. The zero-order valence-corrected chi connectivity index (χ0v) is 15.2. The van der Waals surface area contributed by atoms with Crippen LogP contribution in [0.2, 0.25) is 5.02 Å². The van der Waals surface area contributed by atoms with E-state index in [0.29, 0.717) is 11.6 Å². The maximum atomic E-state index is 11.8. The van der Waals surface area contributed by atoms with Crippen LogP contribution in [0.15, 0.2) is 42.5 Å². The van der Waals surface area contributed by atoms with Crippen molar-refractivity contribution in [3.63, 3.8) is 0 Å². The van der Waals surface area contributed by atoms with Crippen molar-refractivity contribution in [2.75, 3.05) is 7.11 Å². The van der Waals surface area contributed by atoms with Crippen LogP contribution in [0.4, 0.5) is 0 Å². The second-order valence-electron chi connectivity index (χ2n) is 6.28. The molecule has 0 N–H and O–H groups in total. The Morgan fingerprint density at radius 2 is 1.96 bits per heavy atom. The Bertz CT molecular complexity index is 807. The number of benzene rings is 2. The number of aryl methyl sites for hydroxylation is 1. The summed E-state index contributed by atoms with van der Waals surface area (Å²) in [6, 6.07) is 11.4. The molecule has 0 aromatic heterocycles. The van der Waals surface area contributed by atoms with Crippen LogP contribution < -0.4 is 9.47 Å². The van der Waals surface area contributed by atoms with Crippen molar-refractivity contribution in [2.45, 2.75) is 26.4 Å². The molecule has 0 bridgehead atoms. The Morgan fingerprint density at radius 3 is 2.64 bits per heavy atom. The van der Waals surface area contributed by atoms with E-state index in [9.17, 15) is 4.79 Å². The maximum absolute atomic E-state index is 11.8. The Labute approximate surface area is 153 Å². The second-order valence-corrected chi connectivity index (χ2v) is 6.72. The Kier molecular flexibility index (Phi) is 5.44. The monoisotopic (exact) mass is 356 g/mol. The lowest BCUT2D eigenvalue weighted by molar-refractivity contribution is -0.115. The SMILES string of the molecule is COc1ccc(/C=C/C(=O)C2CC2)cc1COc1ccc(Cl)cc1C. The topological polar surface area (TPSA) is 35.5 Å². The molecule has 0 heterocycles. The van der Waals surface area contributed by atoms with Gasteiger partial charge in [0, 0.05) is 16.5 Å². The molecule has 0 saturated heterocycles. The molecule has 1 aliphatic rings. The Hall–Kier alpha value is -2.26. The molecular formula is C21H21ClO3. The van der Waals surface area contributed by atoms with Crippen LogP contribution in [-0.2, 0) is 11.4 Å². The lowest BCUT2D eigenvalue weighted by atomic mass is 10.1. The number of halogens is 1. The predicted molar refractivity (Wildman–Crippen MR) is 100 cm³/mol. The van der Waals surface area contributed by atoms with Gasteiger partial charge in [-0.05, 0) is 67.3 Å². The largest absolute Gasteiger partial charge is 0.496 e. The van der Waals surface area contributed by atoms with E-state index in [-0.39, 0.29) is 11.7 Å². The van der Waals surface area contributed by atoms with Gasteiger partial charge in [-0.3, -0.25) is 4.79 Å². The van der Waals surface area contributed by atoms with Crippen LogP contribution in [0.5, 0.6) is 11.5 Å². The van der Waals surface area contributed by atoms with Crippen molar-refractivity contribution in [3.8, 4) is 11.5 Å². The van der Waals surface area contributed by atoms with Gasteiger partial charge in [0.2, 0.25) is 0 Å². The van der Waals surface area contributed by atoms with Crippen molar-refractivity contribution in [1.82, 2.24) is 0 Å². The van der Waals surface area contributed by atoms with E-state index in [1.165, 1.54) is 0 Å². The van der Waals surface area contributed by atoms with E-state index < -0.39 is 0 Å². The molecule has 0 unspecified atom stereocenters. The van der Waals surface area contributed by atoms with Crippen molar-refractivity contribution >= 4 is 23.5 Å². The van der Waals surface area contributed by atoms with Crippen LogP contribution >= 0.6 is 11.6 Å². The summed E-state index contributed by atoms with van der Waals surface area (Å²) < 4.78 is 11.3.